The van der Waals surface area contributed by atoms with Crippen LogP contribution in [0.3, 0.4) is 0 Å². The molecule has 0 aliphatic carbocycles. The number of ketones is 1. The molecule has 1 rings (SSSR count). The minimum absolute atomic E-state index is 0.106. The highest BCUT2D eigenvalue weighted by Crippen LogP contribution is 2.24. The fraction of sp³-hybridized carbons (Fsp3) is 0.750. The molecule has 1 N–H and O–H groups in total. The van der Waals surface area contributed by atoms with Crippen molar-refractivity contribution in [1.29, 1.82) is 0 Å². The predicted octanol–water partition coefficient (Wildman–Crippen LogP) is 5.21. The van der Waals surface area contributed by atoms with Crippen molar-refractivity contribution < 1.29 is 4.79 Å². The highest BCUT2D eigenvalue weighted by Gasteiger charge is 2.13. The zero-order valence-electron chi connectivity index (χ0n) is 13.1. The fourth-order valence-corrected chi connectivity index (χ4v) is 3.23. The average molecular weight is 296 g/mol. The van der Waals surface area contributed by atoms with Crippen LogP contribution in [0.2, 0.25) is 0 Å². The molecule has 0 saturated heterocycles. The molecule has 0 saturated carbocycles. The Kier molecular flexibility index (Phi) is 8.51. The number of nitrogens with zero attached hydrogens (tertiary/aromatic N) is 1. The van der Waals surface area contributed by atoms with Gasteiger partial charge >= 0.3 is 0 Å². The van der Waals surface area contributed by atoms with Gasteiger partial charge in [-0.1, -0.05) is 51.9 Å². The number of anilines is 1. The second kappa shape index (κ2) is 9.92. The Morgan fingerprint density at radius 1 is 1.10 bits per heavy atom. The van der Waals surface area contributed by atoms with Crippen molar-refractivity contribution in [3.63, 3.8) is 0 Å². The second-order valence-electron chi connectivity index (χ2n) is 5.43. The van der Waals surface area contributed by atoms with Crippen LogP contribution in [0, 0.1) is 6.92 Å². The number of aromatic nitrogens is 1. The lowest BCUT2D eigenvalue weighted by Crippen LogP contribution is -2.04. The maximum Gasteiger partial charge on any atom is 0.164 e. The van der Waals surface area contributed by atoms with Gasteiger partial charge in [-0.05, 0) is 31.8 Å². The number of hydrogen-bond acceptors (Lipinski definition) is 4. The van der Waals surface area contributed by atoms with Crippen LogP contribution >= 0.6 is 11.5 Å². The molecule has 1 aromatic heterocycles. The van der Waals surface area contributed by atoms with Crippen molar-refractivity contribution in [3.05, 3.63) is 11.3 Å². The summed E-state index contributed by atoms with van der Waals surface area (Å²) in [7, 11) is 0. The van der Waals surface area contributed by atoms with Crippen molar-refractivity contribution in [1.82, 2.24) is 4.37 Å². The van der Waals surface area contributed by atoms with Crippen molar-refractivity contribution in [2.75, 3.05) is 11.9 Å². The van der Waals surface area contributed by atoms with E-state index in [4.69, 9.17) is 0 Å². The van der Waals surface area contributed by atoms with E-state index in [1.54, 1.807) is 6.92 Å². The van der Waals surface area contributed by atoms with Crippen molar-refractivity contribution in [2.45, 2.75) is 72.1 Å². The molecule has 3 nitrogen and oxygen atoms in total. The van der Waals surface area contributed by atoms with Crippen LogP contribution in [-0.2, 0) is 0 Å². The Morgan fingerprint density at radius 3 is 2.30 bits per heavy atom. The zero-order chi connectivity index (χ0) is 14.8. The molecule has 0 bridgehead atoms. The van der Waals surface area contributed by atoms with Gasteiger partial charge in [-0.3, -0.25) is 4.79 Å². The third kappa shape index (κ3) is 6.04. The van der Waals surface area contributed by atoms with Crippen molar-refractivity contribution in [3.8, 4) is 0 Å². The summed E-state index contributed by atoms with van der Waals surface area (Å²) in [6, 6.07) is 0. The minimum atomic E-state index is 0.106. The number of unbranched alkanes of at least 4 members (excludes halogenated alkanes) is 7. The first-order chi connectivity index (χ1) is 9.66. The normalized spacial score (nSPS) is 10.8. The molecular weight excluding hydrogens is 268 g/mol. The summed E-state index contributed by atoms with van der Waals surface area (Å²) in [6.45, 7) is 6.70. The van der Waals surface area contributed by atoms with E-state index in [-0.39, 0.29) is 5.78 Å². The third-order valence-electron chi connectivity index (χ3n) is 3.53. The molecule has 0 aliphatic rings. The van der Waals surface area contributed by atoms with E-state index < -0.39 is 0 Å². The van der Waals surface area contributed by atoms with Gasteiger partial charge in [0.05, 0.1) is 11.3 Å². The van der Waals surface area contributed by atoms with Gasteiger partial charge in [-0.15, -0.1) is 0 Å². The molecule has 1 aromatic rings. The van der Waals surface area contributed by atoms with Gasteiger partial charge in [0.2, 0.25) is 0 Å². The molecule has 4 heteroatoms. The molecule has 1 heterocycles. The summed E-state index contributed by atoms with van der Waals surface area (Å²) in [5.74, 6) is 0.106. The molecule has 0 amide bonds. The second-order valence-corrected chi connectivity index (χ2v) is 6.20. The Hall–Kier alpha value is -0.900. The summed E-state index contributed by atoms with van der Waals surface area (Å²) in [6.07, 6.45) is 10.6. The Morgan fingerprint density at radius 2 is 1.70 bits per heavy atom. The van der Waals surface area contributed by atoms with E-state index in [0.717, 1.165) is 22.8 Å². The number of nitrogens with one attached hydrogen (secondary N) is 1. The van der Waals surface area contributed by atoms with Crippen LogP contribution in [0.5, 0.6) is 0 Å². The molecule has 0 atom stereocenters. The highest BCUT2D eigenvalue weighted by molar-refractivity contribution is 7.10. The fourth-order valence-electron chi connectivity index (χ4n) is 2.37. The molecule has 114 valence electrons. The van der Waals surface area contributed by atoms with E-state index in [1.807, 2.05) is 6.92 Å². The number of carbonyl (C=O) groups is 1. The molecule has 0 unspecified atom stereocenters. The van der Waals surface area contributed by atoms with Crippen LogP contribution in [0.4, 0.5) is 5.00 Å². The predicted molar refractivity (Wildman–Crippen MR) is 88.0 cm³/mol. The number of rotatable bonds is 11. The molecule has 20 heavy (non-hydrogen) atoms. The van der Waals surface area contributed by atoms with Gasteiger partial charge in [-0.25, -0.2) is 0 Å². The van der Waals surface area contributed by atoms with Crippen LogP contribution in [0.25, 0.3) is 0 Å². The first kappa shape index (κ1) is 17.2. The van der Waals surface area contributed by atoms with Crippen molar-refractivity contribution in [2.24, 2.45) is 0 Å². The monoisotopic (exact) mass is 296 g/mol. The summed E-state index contributed by atoms with van der Waals surface area (Å²) in [5, 5.41) is 4.30. The number of hydrogen-bond donors (Lipinski definition) is 1. The van der Waals surface area contributed by atoms with Gasteiger partial charge in [0, 0.05) is 6.54 Å². The summed E-state index contributed by atoms with van der Waals surface area (Å²) < 4.78 is 4.25. The van der Waals surface area contributed by atoms with Gasteiger partial charge in [-0.2, -0.15) is 4.37 Å². The molecule has 0 aliphatic heterocycles. The number of carbonyl (C=O) groups excluding carboxylic acids is 1. The number of Topliss-reactive ketones (excluding diaryl/α,β-unsaturated/α-hetero) is 1. The summed E-state index contributed by atoms with van der Waals surface area (Å²) >= 11 is 1.40. The standard InChI is InChI=1S/C16H28N2OS/c1-4-5-6-7-8-9-10-11-12-17-16-15(14(3)19)13(2)18-20-16/h17H,4-12H2,1-3H3. The SMILES string of the molecule is CCCCCCCCCCNc1snc(C)c1C(C)=O. The zero-order valence-corrected chi connectivity index (χ0v) is 13.9. The molecular formula is C16H28N2OS. The van der Waals surface area contributed by atoms with E-state index in [2.05, 4.69) is 16.6 Å². The lowest BCUT2D eigenvalue weighted by Gasteiger charge is -2.05. The molecule has 0 spiro atoms. The quantitative estimate of drug-likeness (QED) is 0.450. The van der Waals surface area contributed by atoms with Crippen LogP contribution in [-0.4, -0.2) is 16.7 Å². The van der Waals surface area contributed by atoms with E-state index in [1.165, 1.54) is 62.9 Å². The smallest absolute Gasteiger partial charge is 0.164 e. The van der Waals surface area contributed by atoms with E-state index >= 15 is 0 Å². The lowest BCUT2D eigenvalue weighted by molar-refractivity contribution is 0.101. The first-order valence-corrected chi connectivity index (χ1v) is 8.65. The minimum Gasteiger partial charge on any atom is -0.375 e. The Bertz CT molecular complexity index is 401. The third-order valence-corrected chi connectivity index (χ3v) is 4.43. The first-order valence-electron chi connectivity index (χ1n) is 7.88. The number of aryl methyl sites for hydroxylation is 1. The van der Waals surface area contributed by atoms with E-state index in [0.29, 0.717) is 0 Å². The Labute approximate surface area is 127 Å². The lowest BCUT2D eigenvalue weighted by atomic mass is 10.1. The topological polar surface area (TPSA) is 42.0 Å². The summed E-state index contributed by atoms with van der Waals surface area (Å²) in [5.41, 5.74) is 1.62. The van der Waals surface area contributed by atoms with Gasteiger partial charge in [0.1, 0.15) is 5.00 Å². The largest absolute Gasteiger partial charge is 0.375 e. The molecule has 0 fully saturated rings. The highest BCUT2D eigenvalue weighted by atomic mass is 32.1. The maximum absolute atomic E-state index is 11.5. The van der Waals surface area contributed by atoms with Gasteiger partial charge < -0.3 is 5.32 Å². The van der Waals surface area contributed by atoms with E-state index in [9.17, 15) is 4.79 Å². The Balaban J connectivity index is 2.11. The van der Waals surface area contributed by atoms with Gasteiger partial charge in [0.25, 0.3) is 0 Å². The summed E-state index contributed by atoms with van der Waals surface area (Å²) in [4.78, 5) is 11.5. The average Bonchev–Trinajstić information content (AvgIpc) is 2.78. The van der Waals surface area contributed by atoms with Gasteiger partial charge in [0.15, 0.2) is 5.78 Å². The molecule has 0 radical (unpaired) electrons. The molecule has 0 aromatic carbocycles. The van der Waals surface area contributed by atoms with Crippen LogP contribution < -0.4 is 5.32 Å². The van der Waals surface area contributed by atoms with Crippen molar-refractivity contribution >= 4 is 22.3 Å². The maximum atomic E-state index is 11.5. The van der Waals surface area contributed by atoms with Crippen LogP contribution in [0.1, 0.15) is 81.3 Å². The van der Waals surface area contributed by atoms with Crippen LogP contribution in [0.15, 0.2) is 0 Å².